The zero-order chi connectivity index (χ0) is 19.2. The molecule has 2 N–H and O–H groups in total. The van der Waals surface area contributed by atoms with E-state index in [1.54, 1.807) is 30.3 Å². The van der Waals surface area contributed by atoms with Gasteiger partial charge in [0.15, 0.2) is 0 Å². The first-order valence-electron chi connectivity index (χ1n) is 7.71. The minimum atomic E-state index is -0.731. The summed E-state index contributed by atoms with van der Waals surface area (Å²) in [5.74, 6) is -1.23. The van der Waals surface area contributed by atoms with Crippen molar-refractivity contribution in [2.24, 2.45) is 0 Å². The van der Waals surface area contributed by atoms with Crippen LogP contribution in [0.3, 0.4) is 0 Å². The molecule has 0 fully saturated rings. The Morgan fingerprint density at radius 2 is 2.11 bits per heavy atom. The number of H-pyrrole nitrogens is 1. The van der Waals surface area contributed by atoms with E-state index in [9.17, 15) is 14.4 Å². The molecule has 1 heterocycles. The number of esters is 1. The van der Waals surface area contributed by atoms with Gasteiger partial charge in [-0.25, -0.2) is 9.18 Å². The highest BCUT2D eigenvalue weighted by atomic mass is 19.1. The maximum Gasteiger partial charge on any atom is 0.340 e. The van der Waals surface area contributed by atoms with Gasteiger partial charge in [-0.05, 0) is 40.6 Å². The number of rotatable bonds is 5. The highest BCUT2D eigenvalue weighted by Crippen LogP contribution is 2.25. The lowest BCUT2D eigenvalue weighted by atomic mass is 10.0. The van der Waals surface area contributed by atoms with Crippen LogP contribution in [0.5, 0.6) is 0 Å². The molecule has 0 aliphatic carbocycles. The average molecular weight is 364 g/mol. The Balaban J connectivity index is 1.85. The van der Waals surface area contributed by atoms with Crippen molar-refractivity contribution in [3.63, 3.8) is 0 Å². The number of hydrogen-bond acceptors (Lipinski definition) is 7. The van der Waals surface area contributed by atoms with Crippen molar-refractivity contribution in [3.05, 3.63) is 65.9 Å². The molecule has 0 amide bonds. The predicted molar refractivity (Wildman–Crippen MR) is 94.6 cm³/mol. The van der Waals surface area contributed by atoms with Gasteiger partial charge in [0.05, 0.1) is 12.7 Å². The van der Waals surface area contributed by atoms with Crippen molar-refractivity contribution >= 4 is 17.2 Å². The third kappa shape index (κ3) is 3.96. The SMILES string of the molecule is COC(=O)c1ccc(-c2cccc(NC=C(C#N)c3nn[nH]n3)c2)cc1F. The number of nitrogens with zero attached hydrogens (tertiary/aromatic N) is 4. The number of tetrazole rings is 1. The molecule has 27 heavy (non-hydrogen) atoms. The Morgan fingerprint density at radius 1 is 1.30 bits per heavy atom. The topological polar surface area (TPSA) is 117 Å². The van der Waals surface area contributed by atoms with Gasteiger partial charge in [0.25, 0.3) is 0 Å². The van der Waals surface area contributed by atoms with Gasteiger partial charge in [-0.1, -0.05) is 18.2 Å². The normalized spacial score (nSPS) is 10.9. The summed E-state index contributed by atoms with van der Waals surface area (Å²) in [5, 5.41) is 25.3. The molecule has 8 nitrogen and oxygen atoms in total. The first-order chi connectivity index (χ1) is 13.1. The minimum absolute atomic E-state index is 0.128. The number of aromatic amines is 1. The molecule has 9 heteroatoms. The highest BCUT2D eigenvalue weighted by molar-refractivity contribution is 5.90. The van der Waals surface area contributed by atoms with E-state index in [0.717, 1.165) is 5.56 Å². The second-order valence-electron chi connectivity index (χ2n) is 5.32. The Kier molecular flexibility index (Phi) is 5.18. The van der Waals surface area contributed by atoms with Crippen LogP contribution >= 0.6 is 0 Å². The molecule has 1 aromatic heterocycles. The van der Waals surface area contributed by atoms with E-state index in [-0.39, 0.29) is 17.0 Å². The number of carbonyl (C=O) groups is 1. The van der Waals surface area contributed by atoms with Crippen molar-refractivity contribution in [3.8, 4) is 17.2 Å². The molecule has 0 atom stereocenters. The van der Waals surface area contributed by atoms with Crippen LogP contribution in [0.25, 0.3) is 16.7 Å². The minimum Gasteiger partial charge on any atom is -0.465 e. The molecule has 0 saturated carbocycles. The van der Waals surface area contributed by atoms with Gasteiger partial charge in [0.2, 0.25) is 5.82 Å². The molecule has 3 aromatic rings. The summed E-state index contributed by atoms with van der Waals surface area (Å²) < 4.78 is 18.7. The molecule has 0 aliphatic heterocycles. The van der Waals surface area contributed by atoms with Crippen molar-refractivity contribution in [1.82, 2.24) is 20.6 Å². The molecule has 3 rings (SSSR count). The van der Waals surface area contributed by atoms with Gasteiger partial charge in [-0.2, -0.15) is 10.5 Å². The third-order valence-electron chi connectivity index (χ3n) is 3.66. The second kappa shape index (κ2) is 7.88. The first kappa shape index (κ1) is 17.8. The van der Waals surface area contributed by atoms with Crippen LogP contribution in [-0.2, 0) is 4.74 Å². The lowest BCUT2D eigenvalue weighted by Gasteiger charge is -2.08. The van der Waals surface area contributed by atoms with Gasteiger partial charge >= 0.3 is 5.97 Å². The largest absolute Gasteiger partial charge is 0.465 e. The number of aromatic nitrogens is 4. The van der Waals surface area contributed by atoms with Gasteiger partial charge in [0.1, 0.15) is 17.5 Å². The van der Waals surface area contributed by atoms with E-state index in [1.165, 1.54) is 25.4 Å². The lowest BCUT2D eigenvalue weighted by Crippen LogP contribution is -2.04. The number of halogens is 1. The van der Waals surface area contributed by atoms with E-state index >= 15 is 0 Å². The molecule has 0 bridgehead atoms. The van der Waals surface area contributed by atoms with Crippen LogP contribution < -0.4 is 5.32 Å². The maximum absolute atomic E-state index is 14.1. The van der Waals surface area contributed by atoms with E-state index in [2.05, 4.69) is 30.7 Å². The molecule has 0 unspecified atom stereocenters. The molecule has 0 radical (unpaired) electrons. The van der Waals surface area contributed by atoms with Crippen molar-refractivity contribution in [2.75, 3.05) is 12.4 Å². The molecule has 0 saturated heterocycles. The van der Waals surface area contributed by atoms with Crippen LogP contribution in [-0.4, -0.2) is 33.7 Å². The number of nitrogens with one attached hydrogen (secondary N) is 2. The number of ether oxygens (including phenoxy) is 1. The summed E-state index contributed by atoms with van der Waals surface area (Å²) in [5.41, 5.74) is 2.05. The summed E-state index contributed by atoms with van der Waals surface area (Å²) in [6.45, 7) is 0. The fourth-order valence-corrected chi connectivity index (χ4v) is 2.34. The average Bonchev–Trinajstić information content (AvgIpc) is 3.22. The second-order valence-corrected chi connectivity index (χ2v) is 5.32. The van der Waals surface area contributed by atoms with Crippen LogP contribution in [0.2, 0.25) is 0 Å². The lowest BCUT2D eigenvalue weighted by molar-refractivity contribution is 0.0595. The van der Waals surface area contributed by atoms with E-state index in [4.69, 9.17) is 0 Å². The molecular weight excluding hydrogens is 351 g/mol. The monoisotopic (exact) mass is 364 g/mol. The summed E-state index contributed by atoms with van der Waals surface area (Å²) >= 11 is 0. The Hall–Kier alpha value is -4.06. The van der Waals surface area contributed by atoms with Gasteiger partial charge in [-0.15, -0.1) is 10.2 Å². The zero-order valence-electron chi connectivity index (χ0n) is 14.1. The highest BCUT2D eigenvalue weighted by Gasteiger charge is 2.13. The number of anilines is 1. The standard InChI is InChI=1S/C18H13FN6O2/c1-27-18(26)15-6-5-12(8-16(15)19)11-3-2-4-14(7-11)21-10-13(9-20)17-22-24-25-23-17/h2-8,10,21H,1H3,(H,22,23,24,25). The summed E-state index contributed by atoms with van der Waals surface area (Å²) in [6.07, 6.45) is 1.45. The number of hydrogen-bond donors (Lipinski definition) is 2. The van der Waals surface area contributed by atoms with Crippen molar-refractivity contribution in [2.45, 2.75) is 0 Å². The van der Waals surface area contributed by atoms with Gasteiger partial charge < -0.3 is 10.1 Å². The molecule has 0 aliphatic rings. The van der Waals surface area contributed by atoms with E-state index < -0.39 is 11.8 Å². The molecule has 134 valence electrons. The van der Waals surface area contributed by atoms with Crippen molar-refractivity contribution < 1.29 is 13.9 Å². The predicted octanol–water partition coefficient (Wildman–Crippen LogP) is 2.77. The van der Waals surface area contributed by atoms with Crippen LogP contribution in [0.15, 0.2) is 48.7 Å². The van der Waals surface area contributed by atoms with Crippen molar-refractivity contribution in [1.29, 1.82) is 5.26 Å². The first-order valence-corrected chi connectivity index (χ1v) is 7.71. The van der Waals surface area contributed by atoms with Crippen LogP contribution in [0.4, 0.5) is 10.1 Å². The molecular formula is C18H13FN6O2. The Bertz CT molecular complexity index is 1040. The van der Waals surface area contributed by atoms with E-state index in [1.807, 2.05) is 6.07 Å². The van der Waals surface area contributed by atoms with Gasteiger partial charge in [0, 0.05) is 11.9 Å². The number of nitriles is 1. The zero-order valence-corrected chi connectivity index (χ0v) is 14.1. The molecule has 2 aromatic carbocycles. The van der Waals surface area contributed by atoms with E-state index in [0.29, 0.717) is 11.3 Å². The number of allylic oxidation sites excluding steroid dienone is 1. The van der Waals surface area contributed by atoms with Gasteiger partial charge in [-0.3, -0.25) is 0 Å². The number of methoxy groups -OCH3 is 1. The Labute approximate surface area is 153 Å². The fraction of sp³-hybridized carbons (Fsp3) is 0.0556. The summed E-state index contributed by atoms with van der Waals surface area (Å²) in [6, 6.07) is 13.4. The molecule has 0 spiro atoms. The quantitative estimate of drug-likeness (QED) is 0.528. The maximum atomic E-state index is 14.1. The Morgan fingerprint density at radius 3 is 2.78 bits per heavy atom. The summed E-state index contributed by atoms with van der Waals surface area (Å²) in [7, 11) is 1.20. The number of benzene rings is 2. The smallest absolute Gasteiger partial charge is 0.340 e. The fourth-order valence-electron chi connectivity index (χ4n) is 2.34. The summed E-state index contributed by atoms with van der Waals surface area (Å²) in [4.78, 5) is 11.5. The van der Waals surface area contributed by atoms with Crippen LogP contribution in [0.1, 0.15) is 16.2 Å². The number of carbonyl (C=O) groups excluding carboxylic acids is 1. The van der Waals surface area contributed by atoms with Crippen LogP contribution in [0, 0.1) is 17.1 Å². The third-order valence-corrected chi connectivity index (χ3v) is 3.66.